The number of aromatic nitrogens is 2. The summed E-state index contributed by atoms with van der Waals surface area (Å²) in [5.41, 5.74) is 6.71. The van der Waals surface area contributed by atoms with Gasteiger partial charge in [0.05, 0.1) is 28.7 Å². The van der Waals surface area contributed by atoms with Crippen molar-refractivity contribution >= 4 is 18.3 Å². The predicted molar refractivity (Wildman–Crippen MR) is 101 cm³/mol. The summed E-state index contributed by atoms with van der Waals surface area (Å²) >= 11 is 0. The zero-order chi connectivity index (χ0) is 19.2. The van der Waals surface area contributed by atoms with E-state index in [2.05, 4.69) is 5.10 Å². The highest BCUT2D eigenvalue weighted by Crippen LogP contribution is 2.43. The molecule has 2 N–H and O–H groups in total. The molecule has 28 heavy (non-hydrogen) atoms. The first-order valence-electron chi connectivity index (χ1n) is 9.15. The lowest BCUT2D eigenvalue weighted by atomic mass is 10.0. The molecule has 1 aliphatic carbocycles. The molecule has 2 heterocycles. The molecule has 0 atom stereocenters. The van der Waals surface area contributed by atoms with E-state index in [1.165, 1.54) is 16.9 Å². The van der Waals surface area contributed by atoms with Crippen molar-refractivity contribution in [1.29, 1.82) is 0 Å². The quantitative estimate of drug-likeness (QED) is 0.831. The number of carbonyl (C=O) groups is 1. The highest BCUT2D eigenvalue weighted by molar-refractivity contribution is 5.95. The fraction of sp³-hybridized carbons (Fsp3) is 0.474. The van der Waals surface area contributed by atoms with E-state index in [0.717, 1.165) is 37.8 Å². The van der Waals surface area contributed by atoms with Gasteiger partial charge in [0, 0.05) is 25.0 Å². The van der Waals surface area contributed by atoms with Gasteiger partial charge in [-0.2, -0.15) is 18.3 Å². The Balaban J connectivity index is 0.00000225. The van der Waals surface area contributed by atoms with Crippen LogP contribution in [-0.2, 0) is 6.18 Å². The third kappa shape index (κ3) is 4.03. The van der Waals surface area contributed by atoms with Gasteiger partial charge in [0.2, 0.25) is 0 Å². The average molecular weight is 415 g/mol. The maximum absolute atomic E-state index is 13.1. The molecule has 1 aromatic heterocycles. The van der Waals surface area contributed by atoms with Crippen molar-refractivity contribution < 1.29 is 18.0 Å². The number of benzene rings is 1. The number of halogens is 4. The molecule has 9 heteroatoms. The van der Waals surface area contributed by atoms with Gasteiger partial charge in [0.1, 0.15) is 0 Å². The van der Waals surface area contributed by atoms with Crippen molar-refractivity contribution in [3.05, 3.63) is 47.3 Å². The molecular weight excluding hydrogens is 393 g/mol. The number of piperidine rings is 1. The van der Waals surface area contributed by atoms with E-state index in [-0.39, 0.29) is 30.3 Å². The van der Waals surface area contributed by atoms with Crippen LogP contribution in [0.3, 0.4) is 0 Å². The number of carbonyl (C=O) groups excluding carboxylic acids is 1. The first-order valence-corrected chi connectivity index (χ1v) is 9.15. The van der Waals surface area contributed by atoms with Crippen molar-refractivity contribution in [3.8, 4) is 5.69 Å². The van der Waals surface area contributed by atoms with Crippen molar-refractivity contribution in [2.75, 3.05) is 13.1 Å². The van der Waals surface area contributed by atoms with E-state index in [1.807, 2.05) is 0 Å². The summed E-state index contributed by atoms with van der Waals surface area (Å²) < 4.78 is 40.7. The largest absolute Gasteiger partial charge is 0.416 e. The summed E-state index contributed by atoms with van der Waals surface area (Å²) in [6.07, 6.45) is 0.406. The van der Waals surface area contributed by atoms with E-state index in [4.69, 9.17) is 5.73 Å². The summed E-state index contributed by atoms with van der Waals surface area (Å²) in [7, 11) is 0. The third-order valence-corrected chi connectivity index (χ3v) is 5.25. The van der Waals surface area contributed by atoms with Crippen molar-refractivity contribution in [1.82, 2.24) is 14.7 Å². The molecule has 2 aliphatic rings. The van der Waals surface area contributed by atoms with Gasteiger partial charge in [-0.3, -0.25) is 4.79 Å². The molecule has 4 rings (SSSR count). The SMILES string of the molecule is Cl.NC1CCN(C(=O)c2cnn(-c3cccc(C(F)(F)F)c3)c2C2CC2)CC1. The molecule has 152 valence electrons. The summed E-state index contributed by atoms with van der Waals surface area (Å²) in [5, 5.41) is 4.28. The van der Waals surface area contributed by atoms with Gasteiger partial charge >= 0.3 is 6.18 Å². The van der Waals surface area contributed by atoms with Crippen LogP contribution in [0, 0.1) is 0 Å². The molecule has 1 aromatic carbocycles. The number of amides is 1. The average Bonchev–Trinajstić information content (AvgIpc) is 3.39. The smallest absolute Gasteiger partial charge is 0.338 e. The summed E-state index contributed by atoms with van der Waals surface area (Å²) in [4.78, 5) is 14.7. The second-order valence-corrected chi connectivity index (χ2v) is 7.31. The Labute approximate surface area is 167 Å². The third-order valence-electron chi connectivity index (χ3n) is 5.25. The number of nitrogens with zero attached hydrogens (tertiary/aromatic N) is 3. The molecule has 1 aliphatic heterocycles. The Kier molecular flexibility index (Phi) is 5.72. The van der Waals surface area contributed by atoms with Crippen molar-refractivity contribution in [3.63, 3.8) is 0 Å². The van der Waals surface area contributed by atoms with E-state index in [0.29, 0.717) is 30.0 Å². The van der Waals surface area contributed by atoms with Gasteiger partial charge in [-0.25, -0.2) is 4.68 Å². The number of hydrogen-bond acceptors (Lipinski definition) is 3. The highest BCUT2D eigenvalue weighted by atomic mass is 35.5. The summed E-state index contributed by atoms with van der Waals surface area (Å²) in [6.45, 7) is 1.19. The standard InChI is InChI=1S/C19H21F3N4O.ClH/c20-19(21,22)13-2-1-3-15(10-13)26-17(12-4-5-12)16(11-24-26)18(27)25-8-6-14(23)7-9-25;/h1-3,10-12,14H,4-9,23H2;1H. The number of alkyl halides is 3. The monoisotopic (exact) mass is 414 g/mol. The zero-order valence-corrected chi connectivity index (χ0v) is 16.0. The lowest BCUT2D eigenvalue weighted by Crippen LogP contribution is -2.43. The van der Waals surface area contributed by atoms with E-state index in [9.17, 15) is 18.0 Å². The molecule has 0 radical (unpaired) electrons. The summed E-state index contributed by atoms with van der Waals surface area (Å²) in [5.74, 6) is 0.0510. The molecule has 0 spiro atoms. The van der Waals surface area contributed by atoms with Gasteiger partial charge in [-0.1, -0.05) is 6.07 Å². The van der Waals surface area contributed by atoms with Crippen LogP contribution in [0.1, 0.15) is 53.2 Å². The molecule has 1 saturated heterocycles. The van der Waals surface area contributed by atoms with Gasteiger partial charge < -0.3 is 10.6 Å². The molecule has 0 bridgehead atoms. The zero-order valence-electron chi connectivity index (χ0n) is 15.2. The Morgan fingerprint density at radius 1 is 1.14 bits per heavy atom. The number of likely N-dealkylation sites (tertiary alicyclic amines) is 1. The first-order chi connectivity index (χ1) is 12.8. The minimum Gasteiger partial charge on any atom is -0.338 e. The van der Waals surface area contributed by atoms with E-state index in [1.54, 1.807) is 11.0 Å². The van der Waals surface area contributed by atoms with Gasteiger partial charge in [0.25, 0.3) is 5.91 Å². The maximum atomic E-state index is 13.1. The van der Waals surface area contributed by atoms with E-state index < -0.39 is 11.7 Å². The molecule has 2 aromatic rings. The topological polar surface area (TPSA) is 64.2 Å². The molecule has 1 saturated carbocycles. The number of rotatable bonds is 3. The lowest BCUT2D eigenvalue weighted by Gasteiger charge is -2.30. The minimum atomic E-state index is -4.42. The van der Waals surface area contributed by atoms with Crippen LogP contribution in [0.2, 0.25) is 0 Å². The fourth-order valence-corrected chi connectivity index (χ4v) is 3.56. The molecule has 5 nitrogen and oxygen atoms in total. The second kappa shape index (κ2) is 7.75. The fourth-order valence-electron chi connectivity index (χ4n) is 3.56. The van der Waals surface area contributed by atoms with Crippen LogP contribution in [0.5, 0.6) is 0 Å². The van der Waals surface area contributed by atoms with Crippen LogP contribution in [0.4, 0.5) is 13.2 Å². The van der Waals surface area contributed by atoms with Gasteiger partial charge in [0.15, 0.2) is 0 Å². The van der Waals surface area contributed by atoms with Gasteiger partial charge in [-0.05, 0) is 43.9 Å². The second-order valence-electron chi connectivity index (χ2n) is 7.31. The predicted octanol–water partition coefficient (Wildman–Crippen LogP) is 3.75. The number of nitrogens with two attached hydrogens (primary N) is 1. The van der Waals surface area contributed by atoms with Gasteiger partial charge in [-0.15, -0.1) is 12.4 Å². The van der Waals surface area contributed by atoms with Crippen LogP contribution in [0.25, 0.3) is 5.69 Å². The molecule has 1 amide bonds. The van der Waals surface area contributed by atoms with Crippen LogP contribution in [-0.4, -0.2) is 39.7 Å². The van der Waals surface area contributed by atoms with E-state index >= 15 is 0 Å². The minimum absolute atomic E-state index is 0. The van der Waals surface area contributed by atoms with Crippen LogP contribution >= 0.6 is 12.4 Å². The molecular formula is C19H22ClF3N4O. The Bertz CT molecular complexity index is 855. The Morgan fingerprint density at radius 2 is 1.82 bits per heavy atom. The normalized spacial score (nSPS) is 18.1. The highest BCUT2D eigenvalue weighted by Gasteiger charge is 2.36. The Hall–Kier alpha value is -2.06. The molecule has 2 fully saturated rings. The van der Waals surface area contributed by atoms with Crippen LogP contribution in [0.15, 0.2) is 30.5 Å². The van der Waals surface area contributed by atoms with Crippen molar-refractivity contribution in [2.45, 2.75) is 43.8 Å². The lowest BCUT2D eigenvalue weighted by molar-refractivity contribution is -0.137. The summed E-state index contributed by atoms with van der Waals surface area (Å²) in [6, 6.07) is 5.18. The first kappa shape index (κ1) is 20.7. The number of hydrogen-bond donors (Lipinski definition) is 1. The molecule has 0 unspecified atom stereocenters. The Morgan fingerprint density at radius 3 is 2.43 bits per heavy atom. The van der Waals surface area contributed by atoms with Crippen molar-refractivity contribution in [2.24, 2.45) is 5.73 Å². The maximum Gasteiger partial charge on any atom is 0.416 e. The van der Waals surface area contributed by atoms with Crippen LogP contribution < -0.4 is 5.73 Å².